The highest BCUT2D eigenvalue weighted by Crippen LogP contribution is 2.27. The van der Waals surface area contributed by atoms with Gasteiger partial charge in [0.2, 0.25) is 5.91 Å². The molecule has 3 rings (SSSR count). The number of esters is 1. The predicted octanol–water partition coefficient (Wildman–Crippen LogP) is 2.18. The van der Waals surface area contributed by atoms with Crippen LogP contribution in [0.4, 0.5) is 0 Å². The Balaban J connectivity index is 1.64. The molecule has 2 aromatic rings. The Kier molecular flexibility index (Phi) is 9.96. The van der Waals surface area contributed by atoms with Crippen molar-refractivity contribution in [2.45, 2.75) is 39.0 Å². The summed E-state index contributed by atoms with van der Waals surface area (Å²) in [5.74, 6) is -2.39. The van der Waals surface area contributed by atoms with Gasteiger partial charge in [-0.15, -0.1) is 0 Å². The summed E-state index contributed by atoms with van der Waals surface area (Å²) in [4.78, 5) is 40.3. The Morgan fingerprint density at radius 2 is 1.71 bits per heavy atom. The van der Waals surface area contributed by atoms with Crippen molar-refractivity contribution in [2.75, 3.05) is 32.8 Å². The van der Waals surface area contributed by atoms with Crippen molar-refractivity contribution in [3.63, 3.8) is 0 Å². The van der Waals surface area contributed by atoms with Crippen molar-refractivity contribution >= 4 is 17.7 Å². The van der Waals surface area contributed by atoms with E-state index in [1.165, 1.54) is 0 Å². The third kappa shape index (κ3) is 8.28. The first-order valence-electron chi connectivity index (χ1n) is 11.9. The SMILES string of the molecule is Cc1ccc([C@@H](O)[C@H](CC(=O)[C@H](C)NC(=O)CN2CCOCC2)C(=O)OCc2ccccc2)cc1. The van der Waals surface area contributed by atoms with E-state index in [0.29, 0.717) is 31.9 Å². The number of hydrogen-bond acceptors (Lipinski definition) is 7. The Morgan fingerprint density at radius 1 is 1.06 bits per heavy atom. The zero-order valence-corrected chi connectivity index (χ0v) is 20.3. The molecule has 188 valence electrons. The minimum absolute atomic E-state index is 0.0385. The van der Waals surface area contributed by atoms with Crippen molar-refractivity contribution in [3.8, 4) is 0 Å². The summed E-state index contributed by atoms with van der Waals surface area (Å²) in [7, 11) is 0. The van der Waals surface area contributed by atoms with E-state index in [-0.39, 0.29) is 31.3 Å². The minimum Gasteiger partial charge on any atom is -0.461 e. The highest BCUT2D eigenvalue weighted by Gasteiger charge is 2.33. The van der Waals surface area contributed by atoms with Crippen LogP contribution in [0.2, 0.25) is 0 Å². The Morgan fingerprint density at radius 3 is 2.37 bits per heavy atom. The number of ether oxygens (including phenoxy) is 2. The summed E-state index contributed by atoms with van der Waals surface area (Å²) in [5.41, 5.74) is 2.34. The molecule has 1 fully saturated rings. The second-order valence-electron chi connectivity index (χ2n) is 8.90. The number of rotatable bonds is 11. The second-order valence-corrected chi connectivity index (χ2v) is 8.90. The molecule has 0 bridgehead atoms. The second kappa shape index (κ2) is 13.1. The highest BCUT2D eigenvalue weighted by molar-refractivity contribution is 5.91. The number of aliphatic hydroxyl groups is 1. The summed E-state index contributed by atoms with van der Waals surface area (Å²) in [6, 6.07) is 15.5. The van der Waals surface area contributed by atoms with E-state index in [9.17, 15) is 19.5 Å². The quantitative estimate of drug-likeness (QED) is 0.473. The molecule has 1 aliphatic heterocycles. The molecule has 2 aromatic carbocycles. The average Bonchev–Trinajstić information content (AvgIpc) is 2.86. The zero-order valence-electron chi connectivity index (χ0n) is 20.3. The van der Waals surface area contributed by atoms with E-state index in [0.717, 1.165) is 11.1 Å². The summed E-state index contributed by atoms with van der Waals surface area (Å²) < 4.78 is 10.7. The molecule has 35 heavy (non-hydrogen) atoms. The maximum Gasteiger partial charge on any atom is 0.312 e. The van der Waals surface area contributed by atoms with Crippen LogP contribution in [0.1, 0.15) is 36.1 Å². The van der Waals surface area contributed by atoms with Crippen molar-refractivity contribution in [1.82, 2.24) is 10.2 Å². The zero-order chi connectivity index (χ0) is 25.2. The van der Waals surface area contributed by atoms with E-state index in [4.69, 9.17) is 9.47 Å². The van der Waals surface area contributed by atoms with Crippen LogP contribution in [0.3, 0.4) is 0 Å². The van der Waals surface area contributed by atoms with Crippen LogP contribution in [0.25, 0.3) is 0 Å². The lowest BCUT2D eigenvalue weighted by atomic mass is 9.89. The molecule has 0 spiro atoms. The lowest BCUT2D eigenvalue weighted by Crippen LogP contribution is -2.47. The first-order chi connectivity index (χ1) is 16.8. The number of amides is 1. The van der Waals surface area contributed by atoms with E-state index in [1.807, 2.05) is 54.3 Å². The minimum atomic E-state index is -1.22. The van der Waals surface area contributed by atoms with E-state index >= 15 is 0 Å². The van der Waals surface area contributed by atoms with Crippen LogP contribution in [-0.4, -0.2) is 66.6 Å². The first kappa shape index (κ1) is 26.5. The molecule has 1 aliphatic rings. The Hall–Kier alpha value is -3.07. The van der Waals surface area contributed by atoms with Gasteiger partial charge in [0.25, 0.3) is 0 Å². The fourth-order valence-corrected chi connectivity index (χ4v) is 3.88. The van der Waals surface area contributed by atoms with Crippen LogP contribution in [0.15, 0.2) is 54.6 Å². The van der Waals surface area contributed by atoms with Gasteiger partial charge in [-0.05, 0) is 25.0 Å². The van der Waals surface area contributed by atoms with Gasteiger partial charge in [-0.25, -0.2) is 0 Å². The number of aliphatic hydroxyl groups excluding tert-OH is 1. The number of nitrogens with zero attached hydrogens (tertiary/aromatic N) is 1. The Labute approximate surface area is 206 Å². The van der Waals surface area contributed by atoms with Gasteiger partial charge in [-0.2, -0.15) is 0 Å². The number of carbonyl (C=O) groups excluding carboxylic acids is 3. The third-order valence-corrected chi connectivity index (χ3v) is 6.08. The molecule has 1 heterocycles. The predicted molar refractivity (Wildman–Crippen MR) is 130 cm³/mol. The molecule has 0 saturated carbocycles. The highest BCUT2D eigenvalue weighted by atomic mass is 16.5. The first-order valence-corrected chi connectivity index (χ1v) is 11.9. The molecular weight excluding hydrogens is 448 g/mol. The third-order valence-electron chi connectivity index (χ3n) is 6.08. The molecular formula is C27H34N2O6. The number of aryl methyl sites for hydroxylation is 1. The van der Waals surface area contributed by atoms with Gasteiger partial charge < -0.3 is 19.9 Å². The summed E-state index contributed by atoms with van der Waals surface area (Å²) in [5, 5.41) is 13.7. The standard InChI is InChI=1S/C27H34N2O6/c1-19-8-10-22(11-9-19)26(32)23(27(33)35-18-21-6-4-3-5-7-21)16-24(30)20(2)28-25(31)17-29-12-14-34-15-13-29/h3-11,20,23,26,32H,12-18H2,1-2H3,(H,28,31)/t20-,23-,26+/m0/s1. The molecule has 0 unspecified atom stereocenters. The van der Waals surface area contributed by atoms with Gasteiger partial charge >= 0.3 is 5.97 Å². The maximum atomic E-state index is 13.0. The lowest BCUT2D eigenvalue weighted by molar-refractivity contribution is -0.156. The molecule has 8 nitrogen and oxygen atoms in total. The van der Waals surface area contributed by atoms with Crippen LogP contribution < -0.4 is 5.32 Å². The number of benzene rings is 2. The summed E-state index contributed by atoms with van der Waals surface area (Å²) in [6.45, 7) is 6.20. The number of morpholine rings is 1. The fraction of sp³-hybridized carbons (Fsp3) is 0.444. The molecule has 8 heteroatoms. The number of hydrogen-bond donors (Lipinski definition) is 2. The van der Waals surface area contributed by atoms with Gasteiger partial charge in [-0.1, -0.05) is 60.2 Å². The Bertz CT molecular complexity index is 973. The fourth-order valence-electron chi connectivity index (χ4n) is 3.88. The normalized spacial score (nSPS) is 16.7. The number of Topliss-reactive ketones (excluding diaryl/α,β-unsaturated/α-hetero) is 1. The molecule has 0 aromatic heterocycles. The summed E-state index contributed by atoms with van der Waals surface area (Å²) >= 11 is 0. The van der Waals surface area contributed by atoms with Crippen molar-refractivity contribution in [1.29, 1.82) is 0 Å². The molecule has 1 amide bonds. The van der Waals surface area contributed by atoms with Crippen molar-refractivity contribution < 1.29 is 29.0 Å². The van der Waals surface area contributed by atoms with Gasteiger partial charge in [-0.3, -0.25) is 19.3 Å². The van der Waals surface area contributed by atoms with Gasteiger partial charge in [0.1, 0.15) is 6.61 Å². The number of ketones is 1. The largest absolute Gasteiger partial charge is 0.461 e. The van der Waals surface area contributed by atoms with E-state index < -0.39 is 24.0 Å². The van der Waals surface area contributed by atoms with E-state index in [2.05, 4.69) is 5.32 Å². The molecule has 2 N–H and O–H groups in total. The van der Waals surface area contributed by atoms with Crippen LogP contribution >= 0.6 is 0 Å². The van der Waals surface area contributed by atoms with Gasteiger partial charge in [0.15, 0.2) is 5.78 Å². The van der Waals surface area contributed by atoms with Crippen LogP contribution in [0.5, 0.6) is 0 Å². The molecule has 0 aliphatic carbocycles. The van der Waals surface area contributed by atoms with E-state index in [1.54, 1.807) is 19.1 Å². The van der Waals surface area contributed by atoms with Crippen LogP contribution in [-0.2, 0) is 30.5 Å². The summed E-state index contributed by atoms with van der Waals surface area (Å²) in [6.07, 6.45) is -1.49. The van der Waals surface area contributed by atoms with Crippen LogP contribution in [0, 0.1) is 12.8 Å². The average molecular weight is 483 g/mol. The number of carbonyl (C=O) groups is 3. The molecule has 3 atom stereocenters. The van der Waals surface area contributed by atoms with Crippen molar-refractivity contribution in [2.24, 2.45) is 5.92 Å². The topological polar surface area (TPSA) is 105 Å². The molecule has 0 radical (unpaired) electrons. The lowest BCUT2D eigenvalue weighted by Gasteiger charge is -2.27. The van der Waals surface area contributed by atoms with Gasteiger partial charge in [0, 0.05) is 19.5 Å². The maximum absolute atomic E-state index is 13.0. The number of nitrogens with one attached hydrogen (secondary N) is 1. The molecule has 1 saturated heterocycles. The smallest absolute Gasteiger partial charge is 0.312 e. The van der Waals surface area contributed by atoms with Crippen molar-refractivity contribution in [3.05, 3.63) is 71.3 Å². The monoisotopic (exact) mass is 482 g/mol. The van der Waals surface area contributed by atoms with Gasteiger partial charge in [0.05, 0.1) is 37.8 Å².